The molecule has 1 heterocycles. The van der Waals surface area contributed by atoms with Crippen LogP contribution in [0.3, 0.4) is 0 Å². The fourth-order valence-corrected chi connectivity index (χ4v) is 4.21. The van der Waals surface area contributed by atoms with Crippen LogP contribution in [0.4, 0.5) is 4.39 Å². The molecule has 134 valence electrons. The van der Waals surface area contributed by atoms with Gasteiger partial charge in [-0.1, -0.05) is 57.4 Å². The molecular weight excluding hydrogens is 309 g/mol. The fourth-order valence-electron chi connectivity index (χ4n) is 4.21. The van der Waals surface area contributed by atoms with Crippen molar-refractivity contribution in [3.8, 4) is 11.1 Å². The van der Waals surface area contributed by atoms with E-state index in [0.29, 0.717) is 11.5 Å². The van der Waals surface area contributed by atoms with Crippen molar-refractivity contribution < 1.29 is 4.39 Å². The van der Waals surface area contributed by atoms with Gasteiger partial charge in [-0.15, -0.1) is 0 Å². The number of pyridine rings is 1. The summed E-state index contributed by atoms with van der Waals surface area (Å²) in [5, 5.41) is 0. The SMILES string of the molecule is CCCc1ccc(-c2ccc(C3CCC(CCC)CC3)cc2)c(F)n1. The van der Waals surface area contributed by atoms with Crippen LogP contribution >= 0.6 is 0 Å². The molecule has 0 aliphatic heterocycles. The van der Waals surface area contributed by atoms with E-state index in [1.165, 1.54) is 44.1 Å². The van der Waals surface area contributed by atoms with Crippen LogP contribution in [-0.4, -0.2) is 4.98 Å². The van der Waals surface area contributed by atoms with Gasteiger partial charge in [0.05, 0.1) is 0 Å². The molecular formula is C23H30FN. The Kier molecular flexibility index (Phi) is 6.23. The number of aryl methyl sites for hydroxylation is 1. The first-order valence-corrected chi connectivity index (χ1v) is 9.97. The maximum absolute atomic E-state index is 14.3. The molecule has 1 aromatic heterocycles. The number of halogens is 1. The summed E-state index contributed by atoms with van der Waals surface area (Å²) in [4.78, 5) is 4.11. The van der Waals surface area contributed by atoms with Crippen molar-refractivity contribution >= 4 is 0 Å². The van der Waals surface area contributed by atoms with Crippen molar-refractivity contribution in [2.24, 2.45) is 5.92 Å². The molecule has 2 aromatic rings. The molecule has 0 N–H and O–H groups in total. The quantitative estimate of drug-likeness (QED) is 0.521. The van der Waals surface area contributed by atoms with E-state index >= 15 is 0 Å². The summed E-state index contributed by atoms with van der Waals surface area (Å²) < 4.78 is 14.3. The Labute approximate surface area is 151 Å². The summed E-state index contributed by atoms with van der Waals surface area (Å²) >= 11 is 0. The Bertz CT molecular complexity index is 669. The monoisotopic (exact) mass is 339 g/mol. The van der Waals surface area contributed by atoms with Gasteiger partial charge in [0.1, 0.15) is 0 Å². The smallest absolute Gasteiger partial charge is 0.220 e. The summed E-state index contributed by atoms with van der Waals surface area (Å²) in [6.45, 7) is 4.37. The molecule has 3 rings (SSSR count). The zero-order chi connectivity index (χ0) is 17.6. The topological polar surface area (TPSA) is 12.9 Å². The van der Waals surface area contributed by atoms with E-state index < -0.39 is 0 Å². The second-order valence-electron chi connectivity index (χ2n) is 7.52. The molecule has 0 saturated heterocycles. The van der Waals surface area contributed by atoms with E-state index in [0.717, 1.165) is 30.0 Å². The van der Waals surface area contributed by atoms with Gasteiger partial charge >= 0.3 is 0 Å². The van der Waals surface area contributed by atoms with Crippen molar-refractivity contribution in [3.63, 3.8) is 0 Å². The zero-order valence-corrected chi connectivity index (χ0v) is 15.6. The average Bonchev–Trinajstić information content (AvgIpc) is 2.63. The van der Waals surface area contributed by atoms with Gasteiger partial charge in [0.2, 0.25) is 5.95 Å². The number of hydrogen-bond donors (Lipinski definition) is 0. The van der Waals surface area contributed by atoms with Gasteiger partial charge in [-0.3, -0.25) is 0 Å². The van der Waals surface area contributed by atoms with Gasteiger partial charge in [0.25, 0.3) is 0 Å². The van der Waals surface area contributed by atoms with Gasteiger partial charge in [-0.2, -0.15) is 4.39 Å². The predicted octanol–water partition coefficient (Wildman–Crippen LogP) is 6.91. The van der Waals surface area contributed by atoms with Crippen molar-refractivity contribution in [1.29, 1.82) is 0 Å². The van der Waals surface area contributed by atoms with E-state index in [4.69, 9.17) is 0 Å². The first-order valence-electron chi connectivity index (χ1n) is 9.97. The molecule has 0 spiro atoms. The number of benzene rings is 1. The molecule has 1 aromatic carbocycles. The number of nitrogens with zero attached hydrogens (tertiary/aromatic N) is 1. The minimum absolute atomic E-state index is 0.348. The molecule has 0 atom stereocenters. The van der Waals surface area contributed by atoms with Crippen LogP contribution < -0.4 is 0 Å². The molecule has 0 bridgehead atoms. The van der Waals surface area contributed by atoms with Crippen LogP contribution in [0.2, 0.25) is 0 Å². The fraction of sp³-hybridized carbons (Fsp3) is 0.522. The lowest BCUT2D eigenvalue weighted by Crippen LogP contribution is -2.13. The van der Waals surface area contributed by atoms with E-state index in [-0.39, 0.29) is 5.95 Å². The largest absolute Gasteiger partial charge is 0.224 e. The van der Waals surface area contributed by atoms with Gasteiger partial charge in [0.15, 0.2) is 0 Å². The van der Waals surface area contributed by atoms with Crippen LogP contribution in [0.15, 0.2) is 36.4 Å². The van der Waals surface area contributed by atoms with Gasteiger partial charge in [-0.25, -0.2) is 4.98 Å². The van der Waals surface area contributed by atoms with E-state index in [1.54, 1.807) is 0 Å². The normalized spacial score (nSPS) is 20.6. The zero-order valence-electron chi connectivity index (χ0n) is 15.6. The lowest BCUT2D eigenvalue weighted by Gasteiger charge is -2.28. The highest BCUT2D eigenvalue weighted by molar-refractivity contribution is 5.63. The third-order valence-electron chi connectivity index (χ3n) is 5.65. The summed E-state index contributed by atoms with van der Waals surface area (Å²) in [6, 6.07) is 12.3. The Hall–Kier alpha value is -1.70. The lowest BCUT2D eigenvalue weighted by molar-refractivity contribution is 0.308. The highest BCUT2D eigenvalue weighted by atomic mass is 19.1. The minimum atomic E-state index is -0.348. The third-order valence-corrected chi connectivity index (χ3v) is 5.65. The summed E-state index contributed by atoms with van der Waals surface area (Å²) in [6.07, 6.45) is 9.82. The highest BCUT2D eigenvalue weighted by Crippen LogP contribution is 2.38. The van der Waals surface area contributed by atoms with E-state index in [1.807, 2.05) is 12.1 Å². The number of rotatable bonds is 6. The molecule has 0 unspecified atom stereocenters. The van der Waals surface area contributed by atoms with Crippen molar-refractivity contribution in [2.45, 2.75) is 71.1 Å². The molecule has 1 nitrogen and oxygen atoms in total. The van der Waals surface area contributed by atoms with Crippen LogP contribution in [-0.2, 0) is 6.42 Å². The molecule has 25 heavy (non-hydrogen) atoms. The summed E-state index contributed by atoms with van der Waals surface area (Å²) in [5.41, 5.74) is 3.79. The van der Waals surface area contributed by atoms with Crippen molar-refractivity contribution in [3.05, 3.63) is 53.6 Å². The van der Waals surface area contributed by atoms with Crippen LogP contribution in [0.25, 0.3) is 11.1 Å². The molecule has 1 saturated carbocycles. The molecule has 1 aliphatic carbocycles. The second-order valence-corrected chi connectivity index (χ2v) is 7.52. The Morgan fingerprint density at radius 2 is 1.64 bits per heavy atom. The van der Waals surface area contributed by atoms with Crippen LogP contribution in [0, 0.1) is 11.9 Å². The van der Waals surface area contributed by atoms with Gasteiger partial charge < -0.3 is 0 Å². The maximum atomic E-state index is 14.3. The molecule has 1 fully saturated rings. The second kappa shape index (κ2) is 8.60. The Morgan fingerprint density at radius 1 is 0.920 bits per heavy atom. The maximum Gasteiger partial charge on any atom is 0.220 e. The lowest BCUT2D eigenvalue weighted by atomic mass is 9.77. The Morgan fingerprint density at radius 3 is 2.24 bits per heavy atom. The molecule has 2 heteroatoms. The summed E-state index contributed by atoms with van der Waals surface area (Å²) in [5.74, 6) is 1.26. The van der Waals surface area contributed by atoms with Crippen LogP contribution in [0.1, 0.15) is 76.0 Å². The standard InChI is InChI=1S/C23H30FN/c1-3-5-17-7-9-18(10-8-17)19-11-13-20(14-12-19)22-16-15-21(6-4-2)25-23(22)24/h11-18H,3-10H2,1-2H3. The average molecular weight is 339 g/mol. The highest BCUT2D eigenvalue weighted by Gasteiger charge is 2.21. The van der Waals surface area contributed by atoms with E-state index in [9.17, 15) is 4.39 Å². The molecule has 0 amide bonds. The third kappa shape index (κ3) is 4.48. The first kappa shape index (κ1) is 18.1. The number of hydrogen-bond acceptors (Lipinski definition) is 1. The van der Waals surface area contributed by atoms with E-state index in [2.05, 4.69) is 43.1 Å². The van der Waals surface area contributed by atoms with Crippen LogP contribution in [0.5, 0.6) is 0 Å². The first-order chi connectivity index (χ1) is 12.2. The Balaban J connectivity index is 1.68. The minimum Gasteiger partial charge on any atom is -0.224 e. The number of aromatic nitrogens is 1. The van der Waals surface area contributed by atoms with Crippen molar-refractivity contribution in [2.75, 3.05) is 0 Å². The summed E-state index contributed by atoms with van der Waals surface area (Å²) in [7, 11) is 0. The molecule has 0 radical (unpaired) electrons. The molecule has 1 aliphatic rings. The van der Waals surface area contributed by atoms with Gasteiger partial charge in [0, 0.05) is 11.3 Å². The predicted molar refractivity (Wildman–Crippen MR) is 103 cm³/mol. The van der Waals surface area contributed by atoms with Gasteiger partial charge in [-0.05, 0) is 67.2 Å². The van der Waals surface area contributed by atoms with Crippen molar-refractivity contribution in [1.82, 2.24) is 4.98 Å².